The van der Waals surface area contributed by atoms with Crippen LogP contribution in [0.1, 0.15) is 35.2 Å². The van der Waals surface area contributed by atoms with Crippen molar-refractivity contribution >= 4 is 27.2 Å². The first kappa shape index (κ1) is 24.3. The molecule has 2 heterocycles. The van der Waals surface area contributed by atoms with E-state index in [1.165, 1.54) is 11.3 Å². The van der Waals surface area contributed by atoms with Crippen molar-refractivity contribution in [2.45, 2.75) is 25.4 Å². The van der Waals surface area contributed by atoms with Gasteiger partial charge in [0.05, 0.1) is 0 Å². The number of thiophene rings is 1. The number of aliphatic hydroxyl groups is 1. The highest BCUT2D eigenvalue weighted by Gasteiger charge is 2.23. The first-order valence-corrected chi connectivity index (χ1v) is 13.0. The monoisotopic (exact) mass is 503 g/mol. The van der Waals surface area contributed by atoms with Crippen LogP contribution in [0.4, 0.5) is 0 Å². The Hall–Kier alpha value is -3.39. The topological polar surface area (TPSA) is 90.2 Å². The predicted molar refractivity (Wildman–Crippen MR) is 142 cm³/mol. The minimum atomic E-state index is -0.0984. The highest BCUT2D eigenvalue weighted by molar-refractivity contribution is 7.22. The molecule has 0 amide bonds. The zero-order valence-corrected chi connectivity index (χ0v) is 20.7. The van der Waals surface area contributed by atoms with Gasteiger partial charge in [-0.05, 0) is 91.6 Å². The van der Waals surface area contributed by atoms with E-state index in [1.54, 1.807) is 54.6 Å². The normalized spacial score (nSPS) is 14.8. The van der Waals surface area contributed by atoms with Crippen LogP contribution in [0, 0.1) is 0 Å². The van der Waals surface area contributed by atoms with Gasteiger partial charge in [0, 0.05) is 52.3 Å². The molecule has 1 saturated heterocycles. The van der Waals surface area contributed by atoms with Gasteiger partial charge in [-0.3, -0.25) is 4.79 Å². The Balaban J connectivity index is 1.36. The summed E-state index contributed by atoms with van der Waals surface area (Å²) < 4.78 is 7.01. The number of ether oxygens (including phenoxy) is 1. The fraction of sp³-hybridized carbons (Fsp3) is 0.276. The molecule has 1 aliphatic rings. The van der Waals surface area contributed by atoms with Gasteiger partial charge in [0.25, 0.3) is 0 Å². The number of carbonyl (C=O) groups is 1. The fourth-order valence-corrected chi connectivity index (χ4v) is 5.93. The van der Waals surface area contributed by atoms with Crippen LogP contribution < -0.4 is 4.74 Å². The molecule has 6 nitrogen and oxygen atoms in total. The molecular weight excluding hydrogens is 474 g/mol. The van der Waals surface area contributed by atoms with Gasteiger partial charge >= 0.3 is 0 Å². The third-order valence-corrected chi connectivity index (χ3v) is 7.82. The van der Waals surface area contributed by atoms with Crippen LogP contribution in [-0.4, -0.2) is 58.3 Å². The van der Waals surface area contributed by atoms with Crippen LogP contribution >= 0.6 is 11.3 Å². The molecule has 0 aliphatic carbocycles. The van der Waals surface area contributed by atoms with Gasteiger partial charge in [0.1, 0.15) is 23.4 Å². The van der Waals surface area contributed by atoms with E-state index in [-0.39, 0.29) is 30.0 Å². The number of rotatable bonds is 8. The molecule has 7 heteroatoms. The molecule has 0 unspecified atom stereocenters. The van der Waals surface area contributed by atoms with Gasteiger partial charge in [-0.2, -0.15) is 0 Å². The highest BCUT2D eigenvalue weighted by atomic mass is 32.1. The van der Waals surface area contributed by atoms with Crippen molar-refractivity contribution in [3.63, 3.8) is 0 Å². The lowest BCUT2D eigenvalue weighted by atomic mass is 9.97. The molecule has 0 atom stereocenters. The summed E-state index contributed by atoms with van der Waals surface area (Å²) in [6, 6.07) is 19.2. The molecule has 0 bridgehead atoms. The third-order valence-electron chi connectivity index (χ3n) is 6.62. The van der Waals surface area contributed by atoms with E-state index in [0.717, 1.165) is 65.2 Å². The van der Waals surface area contributed by atoms with Crippen LogP contribution in [-0.2, 0) is 0 Å². The summed E-state index contributed by atoms with van der Waals surface area (Å²) in [7, 11) is 0. The van der Waals surface area contributed by atoms with Crippen molar-refractivity contribution in [2.24, 2.45) is 0 Å². The van der Waals surface area contributed by atoms with Crippen LogP contribution in [0.2, 0.25) is 0 Å². The second-order valence-electron chi connectivity index (χ2n) is 9.12. The lowest BCUT2D eigenvalue weighted by Crippen LogP contribution is -2.38. The van der Waals surface area contributed by atoms with E-state index < -0.39 is 0 Å². The summed E-state index contributed by atoms with van der Waals surface area (Å²) in [5.74, 6) is 0.968. The largest absolute Gasteiger partial charge is 0.508 e. The Morgan fingerprint density at radius 1 is 0.944 bits per heavy atom. The minimum absolute atomic E-state index is 0.0984. The molecular formula is C29H29NO5S. The number of carbonyl (C=O) groups excluding carboxylic acids is 1. The van der Waals surface area contributed by atoms with Crippen molar-refractivity contribution in [3.05, 3.63) is 77.9 Å². The first-order valence-electron chi connectivity index (χ1n) is 12.2. The molecule has 186 valence electrons. The molecule has 0 spiro atoms. The maximum atomic E-state index is 13.7. The number of hydrogen-bond donors (Lipinski definition) is 3. The standard InChI is InChI=1S/C29H29NO5S/c31-17-1-14-30-15-12-24(13-16-30)35-23-9-4-19(5-10-23)28(34)27-25-11-8-22(33)18-26(25)36-29(27)20-2-6-21(32)7-3-20/h2-11,18,24,31-33H,1,12-17H2. The van der Waals surface area contributed by atoms with E-state index >= 15 is 0 Å². The maximum Gasteiger partial charge on any atom is 0.195 e. The van der Waals surface area contributed by atoms with Crippen molar-refractivity contribution in [2.75, 3.05) is 26.2 Å². The Morgan fingerprint density at radius 3 is 2.33 bits per heavy atom. The Kier molecular flexibility index (Phi) is 7.23. The molecule has 4 aromatic rings. The molecule has 0 saturated carbocycles. The highest BCUT2D eigenvalue weighted by Crippen LogP contribution is 2.41. The van der Waals surface area contributed by atoms with E-state index in [2.05, 4.69) is 4.90 Å². The van der Waals surface area contributed by atoms with Gasteiger partial charge in [-0.25, -0.2) is 0 Å². The van der Waals surface area contributed by atoms with E-state index in [1.807, 2.05) is 12.1 Å². The SMILES string of the molecule is O=C(c1ccc(OC2CCN(CCCO)CC2)cc1)c1c(-c2ccc(O)cc2)sc2cc(O)ccc12. The van der Waals surface area contributed by atoms with Gasteiger partial charge in [-0.1, -0.05) is 0 Å². The summed E-state index contributed by atoms with van der Waals surface area (Å²) in [5, 5.41) is 29.5. The van der Waals surface area contributed by atoms with Crippen LogP contribution in [0.3, 0.4) is 0 Å². The summed E-state index contributed by atoms with van der Waals surface area (Å²) in [6.07, 6.45) is 2.83. The second-order valence-corrected chi connectivity index (χ2v) is 10.2. The molecule has 3 N–H and O–H groups in total. The van der Waals surface area contributed by atoms with Crippen molar-refractivity contribution < 1.29 is 24.9 Å². The number of likely N-dealkylation sites (tertiary alicyclic amines) is 1. The van der Waals surface area contributed by atoms with Crippen LogP contribution in [0.5, 0.6) is 17.2 Å². The number of phenols is 2. The number of aliphatic hydroxyl groups excluding tert-OH is 1. The van der Waals surface area contributed by atoms with Crippen molar-refractivity contribution in [1.29, 1.82) is 0 Å². The molecule has 5 rings (SSSR count). The average Bonchev–Trinajstić information content (AvgIpc) is 3.27. The second kappa shape index (κ2) is 10.7. The third kappa shape index (κ3) is 5.23. The number of phenolic OH excluding ortho intramolecular Hbond substituents is 2. The Labute approximate surface area is 214 Å². The smallest absolute Gasteiger partial charge is 0.195 e. The lowest BCUT2D eigenvalue weighted by Gasteiger charge is -2.32. The zero-order chi connectivity index (χ0) is 25.1. The predicted octanol–water partition coefficient (Wildman–Crippen LogP) is 5.44. The molecule has 0 radical (unpaired) electrons. The minimum Gasteiger partial charge on any atom is -0.508 e. The summed E-state index contributed by atoms with van der Waals surface area (Å²) in [4.78, 5) is 16.9. The van der Waals surface area contributed by atoms with Crippen LogP contribution in [0.15, 0.2) is 66.7 Å². The van der Waals surface area contributed by atoms with Gasteiger partial charge in [0.15, 0.2) is 5.78 Å². The maximum absolute atomic E-state index is 13.7. The van der Waals surface area contributed by atoms with E-state index in [4.69, 9.17) is 9.84 Å². The number of benzene rings is 3. The van der Waals surface area contributed by atoms with E-state index in [9.17, 15) is 15.0 Å². The number of nitrogens with zero attached hydrogens (tertiary/aromatic N) is 1. The van der Waals surface area contributed by atoms with Crippen molar-refractivity contribution in [1.82, 2.24) is 4.90 Å². The number of piperidine rings is 1. The number of hydrogen-bond acceptors (Lipinski definition) is 7. The summed E-state index contributed by atoms with van der Waals surface area (Å²) in [5.41, 5.74) is 1.99. The van der Waals surface area contributed by atoms with E-state index in [0.29, 0.717) is 11.1 Å². The molecule has 36 heavy (non-hydrogen) atoms. The van der Waals surface area contributed by atoms with Gasteiger partial charge in [-0.15, -0.1) is 11.3 Å². The quantitative estimate of drug-likeness (QED) is 0.278. The Bertz CT molecular complexity index is 1340. The van der Waals surface area contributed by atoms with Crippen LogP contribution in [0.25, 0.3) is 20.5 Å². The van der Waals surface area contributed by atoms with Crippen molar-refractivity contribution in [3.8, 4) is 27.7 Å². The summed E-state index contributed by atoms with van der Waals surface area (Å²) >= 11 is 1.45. The lowest BCUT2D eigenvalue weighted by molar-refractivity contribution is 0.0963. The molecule has 1 fully saturated rings. The molecule has 3 aromatic carbocycles. The zero-order valence-electron chi connectivity index (χ0n) is 19.9. The van der Waals surface area contributed by atoms with Gasteiger partial charge < -0.3 is 25.0 Å². The molecule has 1 aromatic heterocycles. The Morgan fingerprint density at radius 2 is 1.64 bits per heavy atom. The van der Waals surface area contributed by atoms with Gasteiger partial charge in [0.2, 0.25) is 0 Å². The molecule has 1 aliphatic heterocycles. The summed E-state index contributed by atoms with van der Waals surface area (Å²) in [6.45, 7) is 3.06. The average molecular weight is 504 g/mol. The number of aromatic hydroxyl groups is 2. The number of fused-ring (bicyclic) bond motifs is 1. The first-order chi connectivity index (χ1) is 17.5. The fourth-order valence-electron chi connectivity index (χ4n) is 4.69. The number of ketones is 1.